The molecule has 0 radical (unpaired) electrons. The maximum atomic E-state index is 13.1. The minimum atomic E-state index is -3.79. The van der Waals surface area contributed by atoms with Crippen molar-refractivity contribution in [3.63, 3.8) is 0 Å². The van der Waals surface area contributed by atoms with Gasteiger partial charge in [-0.25, -0.2) is 23.2 Å². The number of thioether (sulfide) groups is 1. The van der Waals surface area contributed by atoms with E-state index in [2.05, 4.69) is 14.9 Å². The van der Waals surface area contributed by atoms with Gasteiger partial charge in [0.25, 0.3) is 0 Å². The molecule has 1 amide bonds. The van der Waals surface area contributed by atoms with E-state index < -0.39 is 16.1 Å². The van der Waals surface area contributed by atoms with Crippen LogP contribution in [0.25, 0.3) is 0 Å². The zero-order valence-corrected chi connectivity index (χ0v) is 22.3. The highest BCUT2D eigenvalue weighted by molar-refractivity contribution is 7.98. The number of halogens is 2. The normalized spacial score (nSPS) is 19.7. The summed E-state index contributed by atoms with van der Waals surface area (Å²) in [5, 5.41) is 11.1. The first kappa shape index (κ1) is 26.3. The summed E-state index contributed by atoms with van der Waals surface area (Å²) in [6.07, 6.45) is 4.64. The van der Waals surface area contributed by atoms with Crippen LogP contribution in [0.1, 0.15) is 19.3 Å². The zero-order chi connectivity index (χ0) is 25.2. The van der Waals surface area contributed by atoms with Crippen molar-refractivity contribution in [3.8, 4) is 0 Å². The number of carboxylic acid groups (broad SMARTS) is 1. The van der Waals surface area contributed by atoms with Crippen molar-refractivity contribution in [2.75, 3.05) is 43.9 Å². The molecular formula is C22H27Cl2N5O4S2. The van der Waals surface area contributed by atoms with E-state index in [1.807, 2.05) is 12.3 Å². The van der Waals surface area contributed by atoms with Crippen LogP contribution in [0, 0.1) is 5.92 Å². The Kier molecular flexibility index (Phi) is 8.32. The van der Waals surface area contributed by atoms with Crippen molar-refractivity contribution in [2.24, 2.45) is 5.92 Å². The lowest BCUT2D eigenvalue weighted by Crippen LogP contribution is -2.49. The molecule has 0 saturated carbocycles. The van der Waals surface area contributed by atoms with E-state index in [0.29, 0.717) is 55.6 Å². The summed E-state index contributed by atoms with van der Waals surface area (Å²) >= 11 is 13.5. The molecule has 2 aliphatic rings. The molecule has 13 heteroatoms. The fraction of sp³-hybridized carbons (Fsp3) is 0.500. The van der Waals surface area contributed by atoms with Crippen LogP contribution in [0.15, 0.2) is 40.5 Å². The minimum absolute atomic E-state index is 0.0148. The fourth-order valence-electron chi connectivity index (χ4n) is 4.66. The first-order valence-electron chi connectivity index (χ1n) is 11.3. The molecule has 1 aromatic heterocycles. The fourth-order valence-corrected chi connectivity index (χ4v) is 7.29. The quantitative estimate of drug-likeness (QED) is 0.398. The Bertz CT molecular complexity index is 1180. The molecule has 3 heterocycles. The Morgan fingerprint density at radius 3 is 2.60 bits per heavy atom. The third kappa shape index (κ3) is 5.96. The average molecular weight is 561 g/mol. The van der Waals surface area contributed by atoms with Crippen molar-refractivity contribution in [1.29, 1.82) is 0 Å². The van der Waals surface area contributed by atoms with Crippen LogP contribution in [-0.4, -0.2) is 83.8 Å². The van der Waals surface area contributed by atoms with Gasteiger partial charge >= 0.3 is 6.09 Å². The van der Waals surface area contributed by atoms with E-state index in [1.165, 1.54) is 39.2 Å². The number of anilines is 1. The molecular weight excluding hydrogens is 533 g/mol. The van der Waals surface area contributed by atoms with Crippen LogP contribution < -0.4 is 4.90 Å². The van der Waals surface area contributed by atoms with Crippen LogP contribution in [0.3, 0.4) is 0 Å². The topological polar surface area (TPSA) is 107 Å². The maximum absolute atomic E-state index is 13.1. The van der Waals surface area contributed by atoms with Crippen molar-refractivity contribution >= 4 is 56.9 Å². The highest BCUT2D eigenvalue weighted by Crippen LogP contribution is 2.32. The largest absolute Gasteiger partial charge is 0.465 e. The Morgan fingerprint density at radius 2 is 1.94 bits per heavy atom. The zero-order valence-electron chi connectivity index (χ0n) is 19.2. The SMILES string of the molecule is CSc1nccc(N2CCC(N(C[C@@H]3CCN(S(=O)(=O)c4ccc(Cl)cc4Cl)C3)C(=O)O)CC2)n1. The van der Waals surface area contributed by atoms with Gasteiger partial charge in [-0.05, 0) is 55.7 Å². The number of piperidine rings is 1. The van der Waals surface area contributed by atoms with Crippen molar-refractivity contribution < 1.29 is 18.3 Å². The molecule has 1 atom stereocenters. The molecule has 0 aliphatic carbocycles. The van der Waals surface area contributed by atoms with Crippen molar-refractivity contribution in [3.05, 3.63) is 40.5 Å². The number of sulfonamides is 1. The summed E-state index contributed by atoms with van der Waals surface area (Å²) in [5.41, 5.74) is 0. The van der Waals surface area contributed by atoms with Crippen molar-refractivity contribution in [2.45, 2.75) is 35.4 Å². The van der Waals surface area contributed by atoms with Gasteiger partial charge in [0.05, 0.1) is 5.02 Å². The van der Waals surface area contributed by atoms with Crippen LogP contribution in [-0.2, 0) is 10.0 Å². The summed E-state index contributed by atoms with van der Waals surface area (Å²) < 4.78 is 27.6. The molecule has 2 aromatic rings. The second-order valence-corrected chi connectivity index (χ2v) is 12.2. The number of aromatic nitrogens is 2. The minimum Gasteiger partial charge on any atom is -0.465 e. The van der Waals surface area contributed by atoms with Gasteiger partial charge in [-0.2, -0.15) is 4.31 Å². The highest BCUT2D eigenvalue weighted by Gasteiger charge is 2.37. The van der Waals surface area contributed by atoms with Crippen molar-refractivity contribution in [1.82, 2.24) is 19.2 Å². The standard InChI is InChI=1S/C22H27Cl2N5O4S2/c1-34-21-25-8-4-20(26-21)27-9-6-17(7-10-27)29(22(30)31)14-15-5-11-28(13-15)35(32,33)19-3-2-16(23)12-18(19)24/h2-4,8,12,15,17H,5-7,9-11,13-14H2,1H3,(H,30,31)/t15-/m1/s1. The molecule has 2 saturated heterocycles. The maximum Gasteiger partial charge on any atom is 0.407 e. The number of amides is 1. The summed E-state index contributed by atoms with van der Waals surface area (Å²) in [4.78, 5) is 24.5. The summed E-state index contributed by atoms with van der Waals surface area (Å²) in [6.45, 7) is 2.26. The van der Waals surface area contributed by atoms with E-state index in [9.17, 15) is 18.3 Å². The summed E-state index contributed by atoms with van der Waals surface area (Å²) in [5.74, 6) is 0.762. The van der Waals surface area contributed by atoms with Crippen LogP contribution in [0.2, 0.25) is 10.0 Å². The number of nitrogens with zero attached hydrogens (tertiary/aromatic N) is 5. The number of hydrogen-bond donors (Lipinski definition) is 1. The van der Waals surface area contributed by atoms with Gasteiger partial charge in [0.15, 0.2) is 5.16 Å². The molecule has 1 aromatic carbocycles. The summed E-state index contributed by atoms with van der Waals surface area (Å²) in [6, 6.07) is 6.06. The van der Waals surface area contributed by atoms with E-state index in [-0.39, 0.29) is 28.4 Å². The third-order valence-electron chi connectivity index (χ3n) is 6.49. The Hall–Kier alpha value is -1.79. The first-order valence-corrected chi connectivity index (χ1v) is 14.7. The van der Waals surface area contributed by atoms with Gasteiger partial charge in [0.2, 0.25) is 10.0 Å². The molecule has 2 fully saturated rings. The van der Waals surface area contributed by atoms with Crippen LogP contribution in [0.5, 0.6) is 0 Å². The lowest BCUT2D eigenvalue weighted by Gasteiger charge is -2.38. The Morgan fingerprint density at radius 1 is 1.20 bits per heavy atom. The molecule has 0 spiro atoms. The molecule has 0 bridgehead atoms. The molecule has 35 heavy (non-hydrogen) atoms. The van der Waals surface area contributed by atoms with Gasteiger partial charge in [-0.3, -0.25) is 0 Å². The molecule has 4 rings (SSSR count). The van der Waals surface area contributed by atoms with Crippen LogP contribution >= 0.6 is 35.0 Å². The number of rotatable bonds is 7. The number of benzene rings is 1. The lowest BCUT2D eigenvalue weighted by molar-refractivity contribution is 0.106. The lowest BCUT2D eigenvalue weighted by atomic mass is 10.0. The molecule has 1 N–H and O–H groups in total. The van der Waals surface area contributed by atoms with E-state index >= 15 is 0 Å². The van der Waals surface area contributed by atoms with Gasteiger partial charge in [-0.1, -0.05) is 35.0 Å². The van der Waals surface area contributed by atoms with E-state index in [4.69, 9.17) is 23.2 Å². The van der Waals surface area contributed by atoms with Gasteiger partial charge < -0.3 is 14.9 Å². The Balaban J connectivity index is 1.37. The monoisotopic (exact) mass is 559 g/mol. The number of hydrogen-bond acceptors (Lipinski definition) is 7. The predicted molar refractivity (Wildman–Crippen MR) is 137 cm³/mol. The number of carbonyl (C=O) groups is 1. The van der Waals surface area contributed by atoms with Gasteiger partial charge in [0, 0.05) is 50.0 Å². The second-order valence-electron chi connectivity index (χ2n) is 8.65. The summed E-state index contributed by atoms with van der Waals surface area (Å²) in [7, 11) is -3.79. The third-order valence-corrected chi connectivity index (χ3v) is 9.64. The first-order chi connectivity index (χ1) is 16.7. The van der Waals surface area contributed by atoms with E-state index in [1.54, 1.807) is 6.20 Å². The average Bonchev–Trinajstić information content (AvgIpc) is 3.32. The van der Waals surface area contributed by atoms with E-state index in [0.717, 1.165) is 5.82 Å². The van der Waals surface area contributed by atoms with Gasteiger partial charge in [-0.15, -0.1) is 0 Å². The Labute approximate surface area is 219 Å². The molecule has 9 nitrogen and oxygen atoms in total. The molecule has 0 unspecified atom stereocenters. The molecule has 190 valence electrons. The van der Waals surface area contributed by atoms with Gasteiger partial charge in [0.1, 0.15) is 10.7 Å². The predicted octanol–water partition coefficient (Wildman–Crippen LogP) is 4.16. The smallest absolute Gasteiger partial charge is 0.407 e. The molecule has 2 aliphatic heterocycles. The highest BCUT2D eigenvalue weighted by atomic mass is 35.5. The second kappa shape index (κ2) is 11.1. The van der Waals surface area contributed by atoms with Crippen LogP contribution in [0.4, 0.5) is 10.6 Å².